The second kappa shape index (κ2) is 6.50. The molecule has 1 aliphatic rings. The molecule has 1 unspecified atom stereocenters. The summed E-state index contributed by atoms with van der Waals surface area (Å²) >= 11 is 1.52. The van der Waals surface area contributed by atoms with Crippen molar-refractivity contribution in [3.05, 3.63) is 29.5 Å². The molecular weight excluding hydrogens is 300 g/mol. The fourth-order valence-electron chi connectivity index (χ4n) is 2.37. The SMILES string of the molecule is COC(=O)C(C)N(Cc1csc(-c2ncccn2)n1)C1CC1. The minimum Gasteiger partial charge on any atom is -0.468 e. The quantitative estimate of drug-likeness (QED) is 0.760. The van der Waals surface area contributed by atoms with Crippen LogP contribution in [0.5, 0.6) is 0 Å². The number of carbonyl (C=O) groups is 1. The molecular formula is C15H18N4O2S. The van der Waals surface area contributed by atoms with E-state index in [9.17, 15) is 4.79 Å². The summed E-state index contributed by atoms with van der Waals surface area (Å²) in [5.41, 5.74) is 0.940. The summed E-state index contributed by atoms with van der Waals surface area (Å²) < 4.78 is 4.86. The van der Waals surface area contributed by atoms with E-state index in [2.05, 4.69) is 19.9 Å². The van der Waals surface area contributed by atoms with Gasteiger partial charge in [0.05, 0.1) is 12.8 Å². The lowest BCUT2D eigenvalue weighted by molar-refractivity contribution is -0.146. The number of rotatable bonds is 6. The lowest BCUT2D eigenvalue weighted by Gasteiger charge is -2.26. The number of aromatic nitrogens is 3. The van der Waals surface area contributed by atoms with Crippen LogP contribution in [0.25, 0.3) is 10.8 Å². The number of methoxy groups -OCH3 is 1. The third-order valence-electron chi connectivity index (χ3n) is 3.71. The van der Waals surface area contributed by atoms with E-state index in [1.54, 1.807) is 18.5 Å². The Morgan fingerprint density at radius 1 is 1.45 bits per heavy atom. The lowest BCUT2D eigenvalue weighted by atomic mass is 10.2. The molecule has 0 amide bonds. The number of hydrogen-bond donors (Lipinski definition) is 0. The van der Waals surface area contributed by atoms with Crippen LogP contribution >= 0.6 is 11.3 Å². The molecule has 22 heavy (non-hydrogen) atoms. The van der Waals surface area contributed by atoms with Crippen LogP contribution in [0.15, 0.2) is 23.8 Å². The fraction of sp³-hybridized carbons (Fsp3) is 0.467. The molecule has 7 heteroatoms. The standard InChI is InChI=1S/C15H18N4O2S/c1-10(15(20)21-2)19(12-4-5-12)8-11-9-22-14(18-11)13-16-6-3-7-17-13/h3,6-7,9-10,12H,4-5,8H2,1-2H3. The third kappa shape index (κ3) is 3.31. The Kier molecular flexibility index (Phi) is 4.44. The van der Waals surface area contributed by atoms with Gasteiger partial charge in [-0.25, -0.2) is 15.0 Å². The first-order valence-electron chi connectivity index (χ1n) is 7.24. The van der Waals surface area contributed by atoms with Gasteiger partial charge in [-0.15, -0.1) is 11.3 Å². The number of esters is 1. The van der Waals surface area contributed by atoms with Crippen molar-refractivity contribution in [3.63, 3.8) is 0 Å². The first-order chi connectivity index (χ1) is 10.7. The predicted octanol–water partition coefficient (Wildman–Crippen LogP) is 2.13. The van der Waals surface area contributed by atoms with Crippen molar-refractivity contribution < 1.29 is 9.53 Å². The van der Waals surface area contributed by atoms with Gasteiger partial charge in [0.15, 0.2) is 10.8 Å². The number of hydrogen-bond acceptors (Lipinski definition) is 7. The average Bonchev–Trinajstić information content (AvgIpc) is 3.30. The van der Waals surface area contributed by atoms with Crippen molar-refractivity contribution in [2.45, 2.75) is 38.4 Å². The monoisotopic (exact) mass is 318 g/mol. The smallest absolute Gasteiger partial charge is 0.322 e. The van der Waals surface area contributed by atoms with E-state index in [1.807, 2.05) is 12.3 Å². The van der Waals surface area contributed by atoms with Gasteiger partial charge in [-0.3, -0.25) is 9.69 Å². The van der Waals surface area contributed by atoms with Crippen molar-refractivity contribution in [1.29, 1.82) is 0 Å². The molecule has 2 heterocycles. The minimum atomic E-state index is -0.254. The molecule has 1 fully saturated rings. The summed E-state index contributed by atoms with van der Waals surface area (Å²) in [4.78, 5) is 27.0. The normalized spacial score (nSPS) is 15.8. The van der Waals surface area contributed by atoms with Crippen LogP contribution in [-0.4, -0.2) is 45.0 Å². The van der Waals surface area contributed by atoms with Gasteiger partial charge in [-0.05, 0) is 25.8 Å². The number of nitrogens with zero attached hydrogens (tertiary/aromatic N) is 4. The summed E-state index contributed by atoms with van der Waals surface area (Å²) in [6.45, 7) is 2.53. The second-order valence-electron chi connectivity index (χ2n) is 5.32. The highest BCUT2D eigenvalue weighted by atomic mass is 32.1. The molecule has 1 aliphatic carbocycles. The molecule has 116 valence electrons. The summed E-state index contributed by atoms with van der Waals surface area (Å²) in [7, 11) is 1.43. The number of ether oxygens (including phenoxy) is 1. The van der Waals surface area contributed by atoms with E-state index in [0.717, 1.165) is 23.5 Å². The summed E-state index contributed by atoms with van der Waals surface area (Å²) in [6, 6.07) is 1.98. The topological polar surface area (TPSA) is 68.2 Å². The van der Waals surface area contributed by atoms with Crippen LogP contribution in [0.2, 0.25) is 0 Å². The average molecular weight is 318 g/mol. The maximum Gasteiger partial charge on any atom is 0.322 e. The molecule has 2 aromatic rings. The highest BCUT2D eigenvalue weighted by Gasteiger charge is 2.35. The molecule has 1 saturated carbocycles. The predicted molar refractivity (Wildman–Crippen MR) is 83.2 cm³/mol. The Morgan fingerprint density at radius 2 is 2.18 bits per heavy atom. The molecule has 3 rings (SSSR count). The largest absolute Gasteiger partial charge is 0.468 e. The Hall–Kier alpha value is -1.86. The Morgan fingerprint density at radius 3 is 2.82 bits per heavy atom. The van der Waals surface area contributed by atoms with Crippen LogP contribution in [0, 0.1) is 0 Å². The van der Waals surface area contributed by atoms with E-state index < -0.39 is 0 Å². The maximum absolute atomic E-state index is 11.8. The minimum absolute atomic E-state index is 0.200. The van der Waals surface area contributed by atoms with E-state index in [4.69, 9.17) is 4.74 Å². The fourth-order valence-corrected chi connectivity index (χ4v) is 3.13. The van der Waals surface area contributed by atoms with Crippen molar-refractivity contribution in [1.82, 2.24) is 19.9 Å². The summed E-state index contributed by atoms with van der Waals surface area (Å²) in [5.74, 6) is 0.437. The maximum atomic E-state index is 11.8. The van der Waals surface area contributed by atoms with Gasteiger partial charge in [-0.2, -0.15) is 0 Å². The van der Waals surface area contributed by atoms with E-state index >= 15 is 0 Å². The highest BCUT2D eigenvalue weighted by Crippen LogP contribution is 2.31. The van der Waals surface area contributed by atoms with Gasteiger partial charge in [-0.1, -0.05) is 0 Å². The zero-order valence-corrected chi connectivity index (χ0v) is 13.4. The van der Waals surface area contributed by atoms with Crippen molar-refractivity contribution in [3.8, 4) is 10.8 Å². The Labute approximate surface area is 133 Å². The molecule has 0 aromatic carbocycles. The molecule has 1 atom stereocenters. The van der Waals surface area contributed by atoms with Gasteiger partial charge in [0, 0.05) is 30.4 Å². The summed E-state index contributed by atoms with van der Waals surface area (Å²) in [6.07, 6.45) is 5.67. The Balaban J connectivity index is 1.74. The molecule has 0 aliphatic heterocycles. The number of thiazole rings is 1. The zero-order chi connectivity index (χ0) is 15.5. The second-order valence-corrected chi connectivity index (χ2v) is 6.18. The Bertz CT molecular complexity index is 642. The van der Waals surface area contributed by atoms with E-state index in [0.29, 0.717) is 18.4 Å². The van der Waals surface area contributed by atoms with Gasteiger partial charge < -0.3 is 4.74 Å². The van der Waals surface area contributed by atoms with E-state index in [1.165, 1.54) is 18.4 Å². The van der Waals surface area contributed by atoms with Crippen LogP contribution in [0.3, 0.4) is 0 Å². The molecule has 0 radical (unpaired) electrons. The van der Waals surface area contributed by atoms with Crippen molar-refractivity contribution in [2.75, 3.05) is 7.11 Å². The molecule has 2 aromatic heterocycles. The van der Waals surface area contributed by atoms with Crippen molar-refractivity contribution in [2.24, 2.45) is 0 Å². The van der Waals surface area contributed by atoms with Crippen LogP contribution in [0.4, 0.5) is 0 Å². The van der Waals surface area contributed by atoms with Gasteiger partial charge in [0.1, 0.15) is 6.04 Å². The van der Waals surface area contributed by atoms with Crippen LogP contribution in [0.1, 0.15) is 25.5 Å². The van der Waals surface area contributed by atoms with Gasteiger partial charge in [0.25, 0.3) is 0 Å². The van der Waals surface area contributed by atoms with Crippen molar-refractivity contribution >= 4 is 17.3 Å². The lowest BCUT2D eigenvalue weighted by Crippen LogP contribution is -2.40. The van der Waals surface area contributed by atoms with Crippen LogP contribution < -0.4 is 0 Å². The molecule has 6 nitrogen and oxygen atoms in total. The molecule has 0 saturated heterocycles. The molecule has 0 N–H and O–H groups in total. The first kappa shape index (κ1) is 15.1. The van der Waals surface area contributed by atoms with Gasteiger partial charge >= 0.3 is 5.97 Å². The highest BCUT2D eigenvalue weighted by molar-refractivity contribution is 7.13. The van der Waals surface area contributed by atoms with Gasteiger partial charge in [0.2, 0.25) is 0 Å². The first-order valence-corrected chi connectivity index (χ1v) is 8.12. The molecule has 0 spiro atoms. The third-order valence-corrected chi connectivity index (χ3v) is 4.60. The zero-order valence-electron chi connectivity index (χ0n) is 12.6. The molecule has 0 bridgehead atoms. The number of carbonyl (C=O) groups excluding carboxylic acids is 1. The summed E-state index contributed by atoms with van der Waals surface area (Å²) in [5, 5.41) is 2.81. The van der Waals surface area contributed by atoms with E-state index in [-0.39, 0.29) is 12.0 Å². The van der Waals surface area contributed by atoms with Crippen LogP contribution in [-0.2, 0) is 16.1 Å².